The first kappa shape index (κ1) is 63.3. The normalized spacial score (nSPS) is 12.6. The highest BCUT2D eigenvalue weighted by Gasteiger charge is 2.48. The first-order valence-corrected chi connectivity index (χ1v) is 32.3. The Bertz CT molecular complexity index is 4470. The van der Waals surface area contributed by atoms with E-state index < -0.39 is 32.5 Å². The molecule has 5 aromatic heterocycles. The molecule has 5 heterocycles. The fraction of sp³-hybridized carbons (Fsp3) is 0.296. The van der Waals surface area contributed by atoms with Crippen molar-refractivity contribution in [2.75, 3.05) is 0 Å². The minimum absolute atomic E-state index is 0.392. The van der Waals surface area contributed by atoms with Crippen molar-refractivity contribution in [3.05, 3.63) is 263 Å². The molecule has 0 amide bonds. The molecular formula is C81H86N12. The summed E-state index contributed by atoms with van der Waals surface area (Å²) in [4.78, 5) is 43.0. The fourth-order valence-corrected chi connectivity index (χ4v) is 14.1. The highest BCUT2D eigenvalue weighted by molar-refractivity contribution is 5.75. The largest absolute Gasteiger partial charge is 0.299 e. The molecule has 0 bridgehead atoms. The van der Waals surface area contributed by atoms with Crippen LogP contribution in [-0.4, -0.2) is 58.6 Å². The summed E-state index contributed by atoms with van der Waals surface area (Å²) in [6.07, 6.45) is 18.2. The minimum Gasteiger partial charge on any atom is -0.299 e. The molecule has 0 unspecified atom stereocenters. The Kier molecular flexibility index (Phi) is 16.1. The van der Waals surface area contributed by atoms with Gasteiger partial charge in [0.1, 0.15) is 42.8 Å². The van der Waals surface area contributed by atoms with Crippen molar-refractivity contribution in [3.63, 3.8) is 0 Å². The third-order valence-electron chi connectivity index (χ3n) is 22.0. The summed E-state index contributed by atoms with van der Waals surface area (Å²) < 4.78 is 6.63. The lowest BCUT2D eigenvalue weighted by Gasteiger charge is -2.48. The van der Waals surface area contributed by atoms with Crippen molar-refractivity contribution in [1.82, 2.24) is 58.6 Å². The Morgan fingerprint density at radius 2 is 0.559 bits per heavy atom. The van der Waals surface area contributed by atoms with Crippen molar-refractivity contribution < 1.29 is 0 Å². The standard InChI is InChI=1S/C81H86N12/c1-51-22-19-23-52(2)68(51)91-39-36-84-73(91)57-28-32-60(33-29-57)76(7,8)77(9,10)61-44-62(78(11,12)80(15,16)66-34-30-58(42-64(66)71-87-47-82-48-88-71)74-85-37-40-92(74)69-53(3)24-20-25-54(69)4)46-63(45-61)79(13,14)81(17,18)67-35-31-59(43-65(67)72-89-49-83-50-90-72)75-86-38-41-93(75)70-55(5)26-21-27-56(70)6/h19-50H,1-18H3. The predicted molar refractivity (Wildman–Crippen MR) is 378 cm³/mol. The molecule has 12 heteroatoms. The van der Waals surface area contributed by atoms with E-state index in [-0.39, 0.29) is 0 Å². The van der Waals surface area contributed by atoms with Gasteiger partial charge >= 0.3 is 0 Å². The van der Waals surface area contributed by atoms with E-state index in [1.54, 1.807) is 25.3 Å². The summed E-state index contributed by atoms with van der Waals surface area (Å²) in [5.74, 6) is 3.80. The van der Waals surface area contributed by atoms with Crippen LogP contribution >= 0.6 is 0 Å². The Morgan fingerprint density at radius 3 is 0.882 bits per heavy atom. The first-order chi connectivity index (χ1) is 44.2. The highest BCUT2D eigenvalue weighted by Crippen LogP contribution is 2.54. The van der Waals surface area contributed by atoms with E-state index in [2.05, 4.69) is 300 Å². The zero-order valence-electron chi connectivity index (χ0n) is 57.3. The lowest BCUT2D eigenvalue weighted by molar-refractivity contribution is 0.283. The van der Waals surface area contributed by atoms with E-state index in [0.29, 0.717) is 11.6 Å². The van der Waals surface area contributed by atoms with Gasteiger partial charge in [0.2, 0.25) is 0 Å². The number of aromatic nitrogens is 12. The Balaban J connectivity index is 1.01. The van der Waals surface area contributed by atoms with Gasteiger partial charge in [0.05, 0.1) is 17.1 Å². The molecule has 0 atom stereocenters. The number of hydrogen-bond acceptors (Lipinski definition) is 9. The molecule has 93 heavy (non-hydrogen) atoms. The van der Waals surface area contributed by atoms with Gasteiger partial charge in [-0.1, -0.05) is 204 Å². The monoisotopic (exact) mass is 1230 g/mol. The molecule has 0 aliphatic rings. The average molecular weight is 1230 g/mol. The van der Waals surface area contributed by atoms with E-state index in [1.807, 2.05) is 18.6 Å². The van der Waals surface area contributed by atoms with Crippen molar-refractivity contribution >= 4 is 0 Å². The first-order valence-electron chi connectivity index (χ1n) is 32.3. The van der Waals surface area contributed by atoms with Gasteiger partial charge in [-0.05, 0) is 153 Å². The summed E-state index contributed by atoms with van der Waals surface area (Å²) in [5.41, 5.74) is 19.4. The molecule has 12 rings (SSSR count). The van der Waals surface area contributed by atoms with Crippen molar-refractivity contribution in [1.29, 1.82) is 0 Å². The summed E-state index contributed by atoms with van der Waals surface area (Å²) >= 11 is 0. The zero-order chi connectivity index (χ0) is 66.2. The van der Waals surface area contributed by atoms with E-state index in [4.69, 9.17) is 34.9 Å². The molecule has 0 N–H and O–H groups in total. The van der Waals surface area contributed by atoms with Gasteiger partial charge in [0.15, 0.2) is 11.6 Å². The SMILES string of the molecule is Cc1cccc(C)c1-n1ccnc1-c1ccc(C(C)(C)C(C)(C)c2cc(C(C)(C)C(C)(C)c3ccc(-c4nccn4-c4c(C)cccc4C)cc3-c3ncncn3)cc(C(C)(C)C(C)(C)c3ccc(-c4nccn4-c4c(C)cccc4C)cc3-c3ncncn3)c2)cc1. The molecule has 0 aliphatic carbocycles. The third kappa shape index (κ3) is 10.8. The molecule has 7 aromatic carbocycles. The van der Waals surface area contributed by atoms with Crippen LogP contribution in [0.4, 0.5) is 0 Å². The van der Waals surface area contributed by atoms with Gasteiger partial charge in [-0.25, -0.2) is 44.9 Å². The maximum Gasteiger partial charge on any atom is 0.162 e. The van der Waals surface area contributed by atoms with Crippen LogP contribution in [0, 0.1) is 41.5 Å². The lowest BCUT2D eigenvalue weighted by atomic mass is 9.55. The zero-order valence-corrected chi connectivity index (χ0v) is 57.3. The quantitative estimate of drug-likeness (QED) is 0.0874. The predicted octanol–water partition coefficient (Wildman–Crippen LogP) is 18.6. The molecular weight excluding hydrogens is 1140 g/mol. The summed E-state index contributed by atoms with van der Waals surface area (Å²) in [5, 5.41) is 0. The molecule has 0 fully saturated rings. The average Bonchev–Trinajstić information content (AvgIpc) is 1.19. The maximum atomic E-state index is 5.00. The van der Waals surface area contributed by atoms with Crippen LogP contribution in [0.25, 0.3) is 74.0 Å². The lowest BCUT2D eigenvalue weighted by Crippen LogP contribution is -2.45. The number of benzene rings is 7. The molecule has 0 aliphatic heterocycles. The number of aryl methyl sites for hydroxylation is 6. The van der Waals surface area contributed by atoms with Gasteiger partial charge in [-0.2, -0.15) is 0 Å². The molecule has 0 spiro atoms. The van der Waals surface area contributed by atoms with Gasteiger partial charge < -0.3 is 0 Å². The summed E-state index contributed by atoms with van der Waals surface area (Å²) in [7, 11) is 0. The van der Waals surface area contributed by atoms with Crippen LogP contribution in [0.5, 0.6) is 0 Å². The Hall–Kier alpha value is -9.81. The summed E-state index contributed by atoms with van der Waals surface area (Å²) in [6, 6.07) is 49.4. The van der Waals surface area contributed by atoms with Crippen LogP contribution in [0.1, 0.15) is 150 Å². The topological polar surface area (TPSA) is 131 Å². The number of imidazole rings is 3. The maximum absolute atomic E-state index is 5.00. The third-order valence-corrected chi connectivity index (χ3v) is 22.0. The van der Waals surface area contributed by atoms with Crippen LogP contribution < -0.4 is 0 Å². The smallest absolute Gasteiger partial charge is 0.162 e. The van der Waals surface area contributed by atoms with E-state index in [9.17, 15) is 0 Å². The van der Waals surface area contributed by atoms with Crippen LogP contribution in [0.15, 0.2) is 196 Å². The molecule has 12 nitrogen and oxygen atoms in total. The van der Waals surface area contributed by atoms with E-state index in [1.165, 1.54) is 55.6 Å². The number of nitrogens with zero attached hydrogens (tertiary/aromatic N) is 12. The molecule has 0 radical (unpaired) electrons. The molecule has 0 saturated carbocycles. The second kappa shape index (κ2) is 23.7. The van der Waals surface area contributed by atoms with Gasteiger partial charge in [0, 0.05) is 65.0 Å². The van der Waals surface area contributed by atoms with Crippen LogP contribution in [0.3, 0.4) is 0 Å². The second-order valence-corrected chi connectivity index (χ2v) is 28.7. The van der Waals surface area contributed by atoms with Gasteiger partial charge in [-0.3, -0.25) is 13.7 Å². The second-order valence-electron chi connectivity index (χ2n) is 28.7. The molecule has 470 valence electrons. The number of hydrogen-bond donors (Lipinski definition) is 0. The van der Waals surface area contributed by atoms with Crippen LogP contribution in [-0.2, 0) is 32.5 Å². The fourth-order valence-electron chi connectivity index (χ4n) is 14.1. The summed E-state index contributed by atoms with van der Waals surface area (Å²) in [6.45, 7) is 41.7. The van der Waals surface area contributed by atoms with Gasteiger partial charge in [-0.15, -0.1) is 0 Å². The Labute approximate surface area is 549 Å². The van der Waals surface area contributed by atoms with Crippen molar-refractivity contribution in [2.45, 2.75) is 157 Å². The Morgan fingerprint density at radius 1 is 0.280 bits per heavy atom. The van der Waals surface area contributed by atoms with Gasteiger partial charge in [0.25, 0.3) is 0 Å². The van der Waals surface area contributed by atoms with Crippen LogP contribution in [0.2, 0.25) is 0 Å². The number of para-hydroxylation sites is 3. The molecule has 12 aromatic rings. The van der Waals surface area contributed by atoms with E-state index >= 15 is 0 Å². The highest BCUT2D eigenvalue weighted by atomic mass is 15.1. The van der Waals surface area contributed by atoms with Crippen molar-refractivity contribution in [3.8, 4) is 74.0 Å². The number of rotatable bonds is 17. The minimum atomic E-state index is -0.548. The molecule has 0 saturated heterocycles. The van der Waals surface area contributed by atoms with Crippen molar-refractivity contribution in [2.24, 2.45) is 0 Å². The van der Waals surface area contributed by atoms with E-state index in [0.717, 1.165) is 73.5 Å².